The maximum atomic E-state index is 12.8. The zero-order valence-corrected chi connectivity index (χ0v) is 20.6. The smallest absolute Gasteiger partial charge is 0.331 e. The van der Waals surface area contributed by atoms with Crippen LogP contribution in [0.4, 0.5) is 0 Å². The van der Waals surface area contributed by atoms with Crippen LogP contribution in [0.1, 0.15) is 39.5 Å². The van der Waals surface area contributed by atoms with E-state index in [4.69, 9.17) is 23.7 Å². The van der Waals surface area contributed by atoms with Gasteiger partial charge in [0.15, 0.2) is 0 Å². The molecule has 2 bridgehead atoms. The standard InChI is InChI=1S/C27H32O9/c1-17-7-9-26-15-33-24(31)12-18(14-28)8-10-32-22(29)5-3-4-6-23(30)36-19-13-21(35-20(26)11-17)27(16-34-27)25(19,26)2/h3-6,11-12,19-21,28H,7-10,13-16H2,1-2H3/b5-3-,6-4-,18-12+. The van der Waals surface area contributed by atoms with Crippen LogP contribution < -0.4 is 0 Å². The molecule has 2 saturated heterocycles. The lowest BCUT2D eigenvalue weighted by atomic mass is 9.51. The number of cyclic esters (lactones) is 2. The van der Waals surface area contributed by atoms with Crippen molar-refractivity contribution in [2.24, 2.45) is 10.8 Å². The summed E-state index contributed by atoms with van der Waals surface area (Å²) in [6, 6.07) is 0. The fraction of sp³-hybridized carbons (Fsp3) is 0.593. The fourth-order valence-electron chi connectivity index (χ4n) is 6.52. The van der Waals surface area contributed by atoms with Crippen molar-refractivity contribution in [2.75, 3.05) is 26.4 Å². The van der Waals surface area contributed by atoms with Crippen LogP contribution in [0.2, 0.25) is 0 Å². The predicted molar refractivity (Wildman–Crippen MR) is 125 cm³/mol. The second-order valence-electron chi connectivity index (χ2n) is 10.5. The molecule has 0 aromatic rings. The summed E-state index contributed by atoms with van der Waals surface area (Å²) in [7, 11) is 0. The molecule has 3 heterocycles. The molecule has 0 aromatic carbocycles. The third-order valence-electron chi connectivity index (χ3n) is 8.72. The summed E-state index contributed by atoms with van der Waals surface area (Å²) in [5.74, 6) is -1.74. The van der Waals surface area contributed by atoms with Gasteiger partial charge in [0, 0.05) is 36.5 Å². The SMILES string of the molecule is CC1=CC2OC3CC4OC(=O)/C=C\C=C/C(=O)OCC/C(CO)=C\C(=O)OCC2(CC1)C4(C)C31CO1. The van der Waals surface area contributed by atoms with E-state index in [1.807, 2.05) is 0 Å². The Balaban J connectivity index is 1.53. The van der Waals surface area contributed by atoms with Crippen LogP contribution in [0.15, 0.2) is 47.6 Å². The van der Waals surface area contributed by atoms with Crippen molar-refractivity contribution >= 4 is 17.9 Å². The van der Waals surface area contributed by atoms with E-state index in [9.17, 15) is 19.5 Å². The Morgan fingerprint density at radius 1 is 1.00 bits per heavy atom. The minimum absolute atomic E-state index is 0.0144. The van der Waals surface area contributed by atoms with Gasteiger partial charge in [-0.05, 0) is 25.3 Å². The van der Waals surface area contributed by atoms with Crippen molar-refractivity contribution in [2.45, 2.75) is 63.4 Å². The average molecular weight is 501 g/mol. The average Bonchev–Trinajstić information content (AvgIpc) is 3.62. The van der Waals surface area contributed by atoms with Gasteiger partial charge in [-0.1, -0.05) is 30.7 Å². The predicted octanol–water partition coefficient (Wildman–Crippen LogP) is 2.09. The molecular formula is C27H32O9. The Hall–Kier alpha value is -2.75. The van der Waals surface area contributed by atoms with E-state index in [1.54, 1.807) is 0 Å². The third-order valence-corrected chi connectivity index (χ3v) is 8.72. The molecule has 6 unspecified atom stereocenters. The van der Waals surface area contributed by atoms with E-state index < -0.39 is 40.4 Å². The molecular weight excluding hydrogens is 468 g/mol. The van der Waals surface area contributed by atoms with Gasteiger partial charge in [-0.2, -0.15) is 0 Å². The molecule has 9 nitrogen and oxygen atoms in total. The van der Waals surface area contributed by atoms with Gasteiger partial charge in [0.2, 0.25) is 0 Å². The lowest BCUT2D eigenvalue weighted by Crippen LogP contribution is -2.66. The number of hydrogen-bond acceptors (Lipinski definition) is 9. The highest BCUT2D eigenvalue weighted by Gasteiger charge is 2.83. The normalized spacial score (nSPS) is 44.0. The van der Waals surface area contributed by atoms with Crippen molar-refractivity contribution in [3.05, 3.63) is 47.6 Å². The van der Waals surface area contributed by atoms with Gasteiger partial charge in [-0.25, -0.2) is 14.4 Å². The highest BCUT2D eigenvalue weighted by molar-refractivity contribution is 5.85. The first-order chi connectivity index (χ1) is 17.2. The number of epoxide rings is 1. The molecule has 3 fully saturated rings. The van der Waals surface area contributed by atoms with Crippen molar-refractivity contribution in [3.8, 4) is 0 Å². The molecule has 6 atom stereocenters. The number of allylic oxidation sites excluding steroid dienone is 3. The third kappa shape index (κ3) is 3.93. The molecule has 1 saturated carbocycles. The summed E-state index contributed by atoms with van der Waals surface area (Å²) >= 11 is 0. The van der Waals surface area contributed by atoms with Gasteiger partial charge in [0.25, 0.3) is 0 Å². The number of carbonyl (C=O) groups is 3. The first kappa shape index (κ1) is 24.9. The number of ether oxygens (including phenoxy) is 5. The number of rotatable bonds is 1. The van der Waals surface area contributed by atoms with Crippen molar-refractivity contribution in [1.29, 1.82) is 0 Å². The summed E-state index contributed by atoms with van der Waals surface area (Å²) in [5.41, 5.74) is -0.350. The van der Waals surface area contributed by atoms with Crippen LogP contribution in [0.5, 0.6) is 0 Å². The summed E-state index contributed by atoms with van der Waals surface area (Å²) in [6.45, 7) is 4.29. The van der Waals surface area contributed by atoms with Gasteiger partial charge in [-0.15, -0.1) is 0 Å². The largest absolute Gasteiger partial charge is 0.462 e. The quantitative estimate of drug-likeness (QED) is 0.250. The van der Waals surface area contributed by atoms with Gasteiger partial charge in [-0.3, -0.25) is 0 Å². The van der Waals surface area contributed by atoms with E-state index in [1.165, 1.54) is 36.0 Å². The summed E-state index contributed by atoms with van der Waals surface area (Å²) in [4.78, 5) is 37.5. The zero-order valence-electron chi connectivity index (χ0n) is 20.6. The molecule has 9 heteroatoms. The highest BCUT2D eigenvalue weighted by atomic mass is 16.6. The fourth-order valence-corrected chi connectivity index (χ4v) is 6.52. The summed E-state index contributed by atoms with van der Waals surface area (Å²) in [6.07, 6.45) is 9.68. The second-order valence-corrected chi connectivity index (χ2v) is 10.5. The van der Waals surface area contributed by atoms with Gasteiger partial charge >= 0.3 is 17.9 Å². The van der Waals surface area contributed by atoms with Crippen LogP contribution in [0, 0.1) is 10.8 Å². The van der Waals surface area contributed by atoms with E-state index in [0.29, 0.717) is 25.0 Å². The van der Waals surface area contributed by atoms with Crippen LogP contribution >= 0.6 is 0 Å². The minimum atomic E-state index is -0.672. The number of aliphatic hydroxyl groups is 1. The monoisotopic (exact) mass is 500 g/mol. The van der Waals surface area contributed by atoms with Crippen LogP contribution in [-0.2, 0) is 38.1 Å². The maximum absolute atomic E-state index is 12.8. The lowest BCUT2D eigenvalue weighted by molar-refractivity contribution is -0.232. The molecule has 36 heavy (non-hydrogen) atoms. The second kappa shape index (κ2) is 9.28. The van der Waals surface area contributed by atoms with Crippen molar-refractivity contribution in [3.63, 3.8) is 0 Å². The molecule has 3 aliphatic heterocycles. The van der Waals surface area contributed by atoms with E-state index in [-0.39, 0.29) is 38.4 Å². The van der Waals surface area contributed by atoms with Gasteiger partial charge in [0.1, 0.15) is 18.3 Å². The molecule has 0 aromatic heterocycles. The Morgan fingerprint density at radius 2 is 1.75 bits per heavy atom. The summed E-state index contributed by atoms with van der Waals surface area (Å²) in [5, 5.41) is 9.68. The van der Waals surface area contributed by atoms with Crippen LogP contribution in [-0.4, -0.2) is 73.4 Å². The zero-order chi connectivity index (χ0) is 25.6. The lowest BCUT2D eigenvalue weighted by Gasteiger charge is -2.58. The Bertz CT molecular complexity index is 1070. The van der Waals surface area contributed by atoms with E-state index in [2.05, 4.69) is 19.9 Å². The summed E-state index contributed by atoms with van der Waals surface area (Å²) < 4.78 is 29.6. The van der Waals surface area contributed by atoms with Crippen molar-refractivity contribution < 1.29 is 43.2 Å². The number of aliphatic hydroxyl groups excluding tert-OH is 1. The van der Waals surface area contributed by atoms with Crippen LogP contribution in [0.3, 0.4) is 0 Å². The van der Waals surface area contributed by atoms with E-state index in [0.717, 1.165) is 6.42 Å². The molecule has 194 valence electrons. The maximum Gasteiger partial charge on any atom is 0.331 e. The molecule has 5 aliphatic rings. The first-order valence-electron chi connectivity index (χ1n) is 12.4. The molecule has 0 radical (unpaired) electrons. The van der Waals surface area contributed by atoms with Gasteiger partial charge < -0.3 is 28.8 Å². The topological polar surface area (TPSA) is 121 Å². The number of hydrogen-bond donors (Lipinski definition) is 1. The molecule has 2 spiro atoms. The highest BCUT2D eigenvalue weighted by Crippen LogP contribution is 2.72. The minimum Gasteiger partial charge on any atom is -0.462 e. The molecule has 2 aliphatic carbocycles. The first-order valence-corrected chi connectivity index (χ1v) is 12.4. The number of esters is 3. The Labute approximate surface area is 209 Å². The Morgan fingerprint density at radius 3 is 2.47 bits per heavy atom. The molecule has 0 amide bonds. The van der Waals surface area contributed by atoms with E-state index >= 15 is 0 Å². The molecule has 1 N–H and O–H groups in total. The number of carbonyl (C=O) groups excluding carboxylic acids is 3. The Kier molecular flexibility index (Phi) is 6.43. The van der Waals surface area contributed by atoms with Gasteiger partial charge in [0.05, 0.1) is 37.4 Å². The van der Waals surface area contributed by atoms with Crippen molar-refractivity contribution in [1.82, 2.24) is 0 Å². The molecule has 5 rings (SSSR count). The van der Waals surface area contributed by atoms with Crippen LogP contribution in [0.25, 0.3) is 0 Å².